The van der Waals surface area contributed by atoms with Crippen molar-refractivity contribution in [3.63, 3.8) is 0 Å². The van der Waals surface area contributed by atoms with E-state index >= 15 is 0 Å². The van der Waals surface area contributed by atoms with Crippen LogP contribution in [0, 0.1) is 5.92 Å². The van der Waals surface area contributed by atoms with Crippen LogP contribution < -0.4 is 0 Å². The summed E-state index contributed by atoms with van der Waals surface area (Å²) in [5, 5.41) is 9.27. The van der Waals surface area contributed by atoms with Gasteiger partial charge in [0.15, 0.2) is 0 Å². The molecular weight excluding hydrogens is 150 g/mol. The number of aliphatic hydroxyl groups excluding tert-OH is 1. The maximum Gasteiger partial charge on any atom is 0.0639 e. The summed E-state index contributed by atoms with van der Waals surface area (Å²) in [4.78, 5) is 2.43. The first-order chi connectivity index (χ1) is 5.59. The van der Waals surface area contributed by atoms with E-state index in [9.17, 15) is 5.11 Å². The Morgan fingerprint density at radius 1 is 1.25 bits per heavy atom. The number of hydrogen-bond donors (Lipinski definition) is 1. The molecule has 1 rings (SSSR count). The van der Waals surface area contributed by atoms with Crippen LogP contribution in [0.25, 0.3) is 0 Å². The van der Waals surface area contributed by atoms with Crippen LogP contribution in [-0.2, 0) is 0 Å². The normalized spacial score (nSPS) is 20.5. The summed E-state index contributed by atoms with van der Waals surface area (Å²) in [6.07, 6.45) is 2.49. The molecule has 0 saturated heterocycles. The smallest absolute Gasteiger partial charge is 0.0639 e. The van der Waals surface area contributed by atoms with Crippen LogP contribution in [0.4, 0.5) is 0 Å². The third-order valence-corrected chi connectivity index (χ3v) is 2.16. The van der Waals surface area contributed by atoms with Gasteiger partial charge in [0.05, 0.1) is 6.10 Å². The fourth-order valence-corrected chi connectivity index (χ4v) is 1.62. The Hall–Kier alpha value is -0.0800. The number of nitrogens with zero attached hydrogens (tertiary/aromatic N) is 1. The molecule has 2 nitrogen and oxygen atoms in total. The fourth-order valence-electron chi connectivity index (χ4n) is 1.62. The Bertz CT molecular complexity index is 120. The second-order valence-corrected chi connectivity index (χ2v) is 4.43. The van der Waals surface area contributed by atoms with Gasteiger partial charge < -0.3 is 5.11 Å². The molecule has 1 saturated carbocycles. The molecule has 72 valence electrons. The van der Waals surface area contributed by atoms with Crippen molar-refractivity contribution >= 4 is 0 Å². The van der Waals surface area contributed by atoms with Crippen molar-refractivity contribution in [3.8, 4) is 0 Å². The summed E-state index contributed by atoms with van der Waals surface area (Å²) >= 11 is 0. The van der Waals surface area contributed by atoms with Crippen LogP contribution in [-0.4, -0.2) is 35.2 Å². The van der Waals surface area contributed by atoms with Crippen molar-refractivity contribution in [2.24, 2.45) is 5.92 Å². The first kappa shape index (κ1) is 10.0. The van der Waals surface area contributed by atoms with Gasteiger partial charge in [0, 0.05) is 19.1 Å². The molecule has 0 aromatic heterocycles. The van der Waals surface area contributed by atoms with E-state index in [4.69, 9.17) is 0 Å². The molecule has 0 aliphatic heterocycles. The molecule has 1 atom stereocenters. The lowest BCUT2D eigenvalue weighted by molar-refractivity contribution is 0.114. The summed E-state index contributed by atoms with van der Waals surface area (Å²) in [5.41, 5.74) is 0. The summed E-state index contributed by atoms with van der Waals surface area (Å²) in [6.45, 7) is 8.32. The second-order valence-electron chi connectivity index (χ2n) is 4.43. The molecule has 1 aliphatic rings. The highest BCUT2D eigenvalue weighted by atomic mass is 16.3. The van der Waals surface area contributed by atoms with E-state index in [1.165, 1.54) is 12.8 Å². The van der Waals surface area contributed by atoms with Crippen molar-refractivity contribution in [1.82, 2.24) is 4.90 Å². The quantitative estimate of drug-likeness (QED) is 0.677. The van der Waals surface area contributed by atoms with Crippen molar-refractivity contribution in [1.29, 1.82) is 0 Å². The van der Waals surface area contributed by atoms with E-state index in [0.717, 1.165) is 19.1 Å². The van der Waals surface area contributed by atoms with Crippen LogP contribution >= 0.6 is 0 Å². The van der Waals surface area contributed by atoms with Crippen LogP contribution in [0.5, 0.6) is 0 Å². The number of aliphatic hydroxyl groups is 1. The molecule has 0 aromatic carbocycles. The van der Waals surface area contributed by atoms with E-state index in [1.54, 1.807) is 0 Å². The van der Waals surface area contributed by atoms with Gasteiger partial charge >= 0.3 is 0 Å². The molecule has 1 N–H and O–H groups in total. The molecule has 0 unspecified atom stereocenters. The first-order valence-electron chi connectivity index (χ1n) is 5.01. The molecule has 1 fully saturated rings. The zero-order chi connectivity index (χ0) is 9.14. The third kappa shape index (κ3) is 3.55. The predicted octanol–water partition coefficient (Wildman–Crippen LogP) is 1.49. The molecule has 1 aliphatic carbocycles. The number of hydrogen-bond acceptors (Lipinski definition) is 2. The van der Waals surface area contributed by atoms with E-state index in [2.05, 4.69) is 18.7 Å². The average Bonchev–Trinajstić information content (AvgIpc) is 2.63. The van der Waals surface area contributed by atoms with E-state index in [0.29, 0.717) is 5.92 Å². The molecule has 0 aromatic rings. The minimum atomic E-state index is -0.177. The predicted molar refractivity (Wildman–Crippen MR) is 51.1 cm³/mol. The van der Waals surface area contributed by atoms with Gasteiger partial charge in [0.1, 0.15) is 0 Å². The summed E-state index contributed by atoms with van der Waals surface area (Å²) < 4.78 is 0. The second kappa shape index (κ2) is 4.24. The lowest BCUT2D eigenvalue weighted by atomic mass is 10.2. The highest BCUT2D eigenvalue weighted by molar-refractivity contribution is 4.85. The van der Waals surface area contributed by atoms with Crippen molar-refractivity contribution in [3.05, 3.63) is 0 Å². The molecule has 0 bridgehead atoms. The lowest BCUT2D eigenvalue weighted by Crippen LogP contribution is -2.35. The van der Waals surface area contributed by atoms with Gasteiger partial charge in [-0.05, 0) is 25.7 Å². The van der Waals surface area contributed by atoms with Crippen LogP contribution in [0.2, 0.25) is 0 Å². The zero-order valence-corrected chi connectivity index (χ0v) is 8.45. The zero-order valence-electron chi connectivity index (χ0n) is 8.45. The van der Waals surface area contributed by atoms with Crippen LogP contribution in [0.1, 0.15) is 33.6 Å². The van der Waals surface area contributed by atoms with E-state index in [-0.39, 0.29) is 6.10 Å². The summed E-state index contributed by atoms with van der Waals surface area (Å²) in [7, 11) is 0. The highest BCUT2D eigenvalue weighted by Gasteiger charge is 2.29. The van der Waals surface area contributed by atoms with Gasteiger partial charge in [0.25, 0.3) is 0 Å². The van der Waals surface area contributed by atoms with Crippen molar-refractivity contribution in [2.45, 2.75) is 45.8 Å². The van der Waals surface area contributed by atoms with Crippen molar-refractivity contribution < 1.29 is 5.11 Å². The SMILES string of the molecule is CC(C)CN(C[C@H](C)O)C1CC1. The maximum atomic E-state index is 9.27. The topological polar surface area (TPSA) is 23.5 Å². The first-order valence-corrected chi connectivity index (χ1v) is 5.01. The largest absolute Gasteiger partial charge is 0.392 e. The minimum absolute atomic E-state index is 0.177. The fraction of sp³-hybridized carbons (Fsp3) is 1.00. The molecule has 2 heteroatoms. The monoisotopic (exact) mass is 171 g/mol. The standard InChI is InChI=1S/C10H21NO/c1-8(2)6-11(7-9(3)12)10-4-5-10/h8-10,12H,4-7H2,1-3H3/t9-/m0/s1. The molecule has 12 heavy (non-hydrogen) atoms. The average molecular weight is 171 g/mol. The van der Waals surface area contributed by atoms with Gasteiger partial charge in [-0.25, -0.2) is 0 Å². The third-order valence-electron chi connectivity index (χ3n) is 2.16. The molecule has 0 spiro atoms. The molecular formula is C10H21NO. The lowest BCUT2D eigenvalue weighted by Gasteiger charge is -2.25. The van der Waals surface area contributed by atoms with Gasteiger partial charge in [-0.3, -0.25) is 4.90 Å². The highest BCUT2D eigenvalue weighted by Crippen LogP contribution is 2.27. The Morgan fingerprint density at radius 2 is 1.83 bits per heavy atom. The van der Waals surface area contributed by atoms with Crippen LogP contribution in [0.3, 0.4) is 0 Å². The Morgan fingerprint density at radius 3 is 2.17 bits per heavy atom. The van der Waals surface area contributed by atoms with E-state index < -0.39 is 0 Å². The van der Waals surface area contributed by atoms with Gasteiger partial charge in [-0.15, -0.1) is 0 Å². The summed E-state index contributed by atoms with van der Waals surface area (Å²) in [5.74, 6) is 0.712. The molecule has 0 heterocycles. The minimum Gasteiger partial charge on any atom is -0.392 e. The van der Waals surface area contributed by atoms with E-state index in [1.807, 2.05) is 6.92 Å². The molecule has 0 radical (unpaired) electrons. The van der Waals surface area contributed by atoms with Gasteiger partial charge in [-0.2, -0.15) is 0 Å². The maximum absolute atomic E-state index is 9.27. The van der Waals surface area contributed by atoms with Gasteiger partial charge in [0.2, 0.25) is 0 Å². The molecule has 0 amide bonds. The Kier molecular flexibility index (Phi) is 3.53. The number of rotatable bonds is 5. The van der Waals surface area contributed by atoms with Gasteiger partial charge in [-0.1, -0.05) is 13.8 Å². The Labute approximate surface area is 75.6 Å². The van der Waals surface area contributed by atoms with Crippen LogP contribution in [0.15, 0.2) is 0 Å². The Balaban J connectivity index is 2.27. The van der Waals surface area contributed by atoms with Crippen molar-refractivity contribution in [2.75, 3.05) is 13.1 Å². The summed E-state index contributed by atoms with van der Waals surface area (Å²) in [6, 6.07) is 0.780.